The van der Waals surface area contributed by atoms with Crippen LogP contribution in [0.25, 0.3) is 0 Å². The van der Waals surface area contributed by atoms with Crippen LogP contribution in [0.5, 0.6) is 5.75 Å². The smallest absolute Gasteiger partial charge is 0.275 e. The van der Waals surface area contributed by atoms with Crippen molar-refractivity contribution in [2.45, 2.75) is 6.92 Å². The zero-order chi connectivity index (χ0) is 15.4. The summed E-state index contributed by atoms with van der Waals surface area (Å²) in [5.41, 5.74) is 4.00. The molecule has 0 unspecified atom stereocenters. The summed E-state index contributed by atoms with van der Waals surface area (Å²) in [6, 6.07) is 11.8. The first-order valence-corrected chi connectivity index (χ1v) is 7.23. The molecule has 0 atom stereocenters. The van der Waals surface area contributed by atoms with Crippen LogP contribution in [0, 0.1) is 0 Å². The van der Waals surface area contributed by atoms with Gasteiger partial charge in [-0.2, -0.15) is 5.10 Å². The second kappa shape index (κ2) is 6.74. The van der Waals surface area contributed by atoms with E-state index in [1.165, 1.54) is 18.2 Å². The summed E-state index contributed by atoms with van der Waals surface area (Å²) in [5, 5.41) is 14.0. The highest BCUT2D eigenvalue weighted by molar-refractivity contribution is 9.10. The molecule has 0 spiro atoms. The number of benzene rings is 2. The van der Waals surface area contributed by atoms with E-state index < -0.39 is 5.91 Å². The summed E-state index contributed by atoms with van der Waals surface area (Å²) in [6.07, 6.45) is 0. The molecule has 0 radical (unpaired) electrons. The van der Waals surface area contributed by atoms with Crippen LogP contribution in [0.3, 0.4) is 0 Å². The number of nitrogens with zero attached hydrogens (tertiary/aromatic N) is 1. The monoisotopic (exact) mass is 366 g/mol. The Kier molecular flexibility index (Phi) is 4.98. The van der Waals surface area contributed by atoms with Gasteiger partial charge in [0, 0.05) is 9.50 Å². The number of carbonyl (C=O) groups excluding carboxylic acids is 1. The van der Waals surface area contributed by atoms with Gasteiger partial charge in [-0.3, -0.25) is 4.79 Å². The Bertz CT molecular complexity index is 717. The average molecular weight is 368 g/mol. The Labute approximate surface area is 135 Å². The van der Waals surface area contributed by atoms with Crippen LogP contribution in [0.4, 0.5) is 0 Å². The van der Waals surface area contributed by atoms with E-state index in [1.807, 2.05) is 24.3 Å². The number of hydrazone groups is 1. The first kappa shape index (κ1) is 15.5. The predicted molar refractivity (Wildman–Crippen MR) is 86.9 cm³/mol. The maximum Gasteiger partial charge on any atom is 0.275 e. The molecule has 4 nitrogen and oxygen atoms in total. The van der Waals surface area contributed by atoms with Crippen LogP contribution in [0.1, 0.15) is 22.8 Å². The molecule has 0 heterocycles. The van der Waals surface area contributed by atoms with E-state index in [9.17, 15) is 9.90 Å². The van der Waals surface area contributed by atoms with Gasteiger partial charge in [0.05, 0.1) is 11.3 Å². The van der Waals surface area contributed by atoms with Crippen molar-refractivity contribution in [3.8, 4) is 5.75 Å². The minimum Gasteiger partial charge on any atom is -0.507 e. The van der Waals surface area contributed by atoms with Crippen molar-refractivity contribution in [1.82, 2.24) is 5.43 Å². The molecule has 1 amide bonds. The van der Waals surface area contributed by atoms with Gasteiger partial charge in [-0.25, -0.2) is 5.43 Å². The number of aromatic hydroxyl groups is 1. The molecule has 0 bridgehead atoms. The summed E-state index contributed by atoms with van der Waals surface area (Å²) in [6.45, 7) is 1.78. The molecule has 0 saturated carbocycles. The fourth-order valence-electron chi connectivity index (χ4n) is 1.66. The number of phenolic OH excluding ortho intramolecular Hbond substituents is 1. The molecule has 0 fully saturated rings. The number of amides is 1. The number of carbonyl (C=O) groups is 1. The molecular weight excluding hydrogens is 356 g/mol. The molecule has 6 heteroatoms. The minimum atomic E-state index is -0.524. The van der Waals surface area contributed by atoms with Gasteiger partial charge >= 0.3 is 0 Å². The van der Waals surface area contributed by atoms with Gasteiger partial charge in [0.25, 0.3) is 5.91 Å². The van der Waals surface area contributed by atoms with Crippen LogP contribution in [0.2, 0.25) is 5.02 Å². The van der Waals surface area contributed by atoms with Gasteiger partial charge in [0.15, 0.2) is 0 Å². The molecule has 2 N–H and O–H groups in total. The summed E-state index contributed by atoms with van der Waals surface area (Å²) in [5.74, 6) is -0.670. The fourth-order valence-corrected chi connectivity index (χ4v) is 2.23. The van der Waals surface area contributed by atoms with Gasteiger partial charge in [-0.15, -0.1) is 0 Å². The third kappa shape index (κ3) is 4.06. The molecule has 108 valence electrons. The lowest BCUT2D eigenvalue weighted by atomic mass is 10.1. The summed E-state index contributed by atoms with van der Waals surface area (Å²) in [4.78, 5) is 12.0. The largest absolute Gasteiger partial charge is 0.507 e. The second-order valence-electron chi connectivity index (χ2n) is 4.31. The van der Waals surface area contributed by atoms with Crippen molar-refractivity contribution in [2.75, 3.05) is 0 Å². The lowest BCUT2D eigenvalue weighted by molar-refractivity contribution is 0.0952. The highest BCUT2D eigenvalue weighted by Gasteiger charge is 2.11. The summed E-state index contributed by atoms with van der Waals surface area (Å²) >= 11 is 9.18. The fraction of sp³-hybridized carbons (Fsp3) is 0.0667. The van der Waals surface area contributed by atoms with E-state index in [0.29, 0.717) is 10.7 Å². The van der Waals surface area contributed by atoms with Crippen molar-refractivity contribution in [3.63, 3.8) is 0 Å². The van der Waals surface area contributed by atoms with Crippen molar-refractivity contribution < 1.29 is 9.90 Å². The third-order valence-corrected chi connectivity index (χ3v) is 3.50. The molecule has 2 rings (SSSR count). The normalized spacial score (nSPS) is 11.3. The Morgan fingerprint density at radius 3 is 2.76 bits per heavy atom. The first-order valence-electron chi connectivity index (χ1n) is 6.06. The third-order valence-electron chi connectivity index (χ3n) is 2.77. The molecular formula is C15H12BrClN2O2. The highest BCUT2D eigenvalue weighted by atomic mass is 79.9. The Hall–Kier alpha value is -1.85. The summed E-state index contributed by atoms with van der Waals surface area (Å²) in [7, 11) is 0. The molecule has 0 aliphatic heterocycles. The molecule has 2 aromatic rings. The van der Waals surface area contributed by atoms with Crippen LogP contribution < -0.4 is 5.43 Å². The van der Waals surface area contributed by atoms with Crippen LogP contribution in [-0.4, -0.2) is 16.7 Å². The lowest BCUT2D eigenvalue weighted by Gasteiger charge is -2.05. The quantitative estimate of drug-likeness (QED) is 0.637. The van der Waals surface area contributed by atoms with Crippen molar-refractivity contribution in [3.05, 3.63) is 63.1 Å². The van der Waals surface area contributed by atoms with E-state index in [2.05, 4.69) is 26.5 Å². The standard InChI is InChI=1S/C15H12BrClN2O2/c1-9(10-3-2-4-11(16)7-10)18-19-15(21)13-8-12(17)5-6-14(13)20/h2-8,20H,1H3,(H,19,21). The van der Waals surface area contributed by atoms with E-state index in [-0.39, 0.29) is 11.3 Å². The van der Waals surface area contributed by atoms with Crippen molar-refractivity contribution in [2.24, 2.45) is 5.10 Å². The lowest BCUT2D eigenvalue weighted by Crippen LogP contribution is -2.19. The average Bonchev–Trinajstić information content (AvgIpc) is 2.47. The van der Waals surface area contributed by atoms with Crippen molar-refractivity contribution in [1.29, 1.82) is 0 Å². The van der Waals surface area contributed by atoms with Gasteiger partial charge in [0.1, 0.15) is 5.75 Å². The molecule has 0 aromatic heterocycles. The predicted octanol–water partition coefficient (Wildman–Crippen LogP) is 3.96. The van der Waals surface area contributed by atoms with E-state index in [1.54, 1.807) is 6.92 Å². The minimum absolute atomic E-state index is 0.0771. The maximum absolute atomic E-state index is 12.0. The number of nitrogens with one attached hydrogen (secondary N) is 1. The first-order chi connectivity index (χ1) is 9.97. The molecule has 2 aromatic carbocycles. The van der Waals surface area contributed by atoms with Crippen LogP contribution in [-0.2, 0) is 0 Å². The van der Waals surface area contributed by atoms with E-state index >= 15 is 0 Å². The second-order valence-corrected chi connectivity index (χ2v) is 5.66. The Balaban J connectivity index is 2.16. The number of hydrogen-bond donors (Lipinski definition) is 2. The SMILES string of the molecule is CC(=NNC(=O)c1cc(Cl)ccc1O)c1cccc(Br)c1. The van der Waals surface area contributed by atoms with Crippen molar-refractivity contribution >= 4 is 39.1 Å². The van der Waals surface area contributed by atoms with E-state index in [0.717, 1.165) is 10.0 Å². The zero-order valence-electron chi connectivity index (χ0n) is 11.1. The number of rotatable bonds is 3. The Morgan fingerprint density at radius 1 is 1.29 bits per heavy atom. The molecule has 21 heavy (non-hydrogen) atoms. The number of halogens is 2. The summed E-state index contributed by atoms with van der Waals surface area (Å²) < 4.78 is 0.924. The van der Waals surface area contributed by atoms with Crippen LogP contribution in [0.15, 0.2) is 52.0 Å². The van der Waals surface area contributed by atoms with Gasteiger partial charge in [0.2, 0.25) is 0 Å². The Morgan fingerprint density at radius 2 is 2.05 bits per heavy atom. The van der Waals surface area contributed by atoms with Gasteiger partial charge in [-0.05, 0) is 42.8 Å². The zero-order valence-corrected chi connectivity index (χ0v) is 13.4. The highest BCUT2D eigenvalue weighted by Crippen LogP contribution is 2.21. The van der Waals surface area contributed by atoms with Gasteiger partial charge < -0.3 is 5.11 Å². The molecule has 0 aliphatic carbocycles. The molecule has 0 saturated heterocycles. The van der Waals surface area contributed by atoms with Crippen LogP contribution >= 0.6 is 27.5 Å². The number of phenols is 1. The van der Waals surface area contributed by atoms with Gasteiger partial charge in [-0.1, -0.05) is 39.7 Å². The molecule has 0 aliphatic rings. The number of hydrogen-bond acceptors (Lipinski definition) is 3. The maximum atomic E-state index is 12.0. The van der Waals surface area contributed by atoms with E-state index in [4.69, 9.17) is 11.6 Å². The topological polar surface area (TPSA) is 61.7 Å².